The Kier molecular flexibility index (Phi) is 4.93. The standard InChI is InChI=1S/C17H18Cl2N2O4/c18-10-3-4-12(19)11(8-10)15(23)21-7-1-2-13(21)14(22)20-9-17(5-6-17)16(24)25/h3-4,8,13H,1-2,5-7,9H2,(H,20,22)(H,24,25). The van der Waals surface area contributed by atoms with Gasteiger partial charge in [-0.2, -0.15) is 0 Å². The minimum Gasteiger partial charge on any atom is -0.481 e. The van der Waals surface area contributed by atoms with E-state index in [1.807, 2.05) is 0 Å². The Balaban J connectivity index is 1.69. The predicted octanol–water partition coefficient (Wildman–Crippen LogP) is 2.58. The highest BCUT2D eigenvalue weighted by atomic mass is 35.5. The monoisotopic (exact) mass is 384 g/mol. The first-order valence-electron chi connectivity index (χ1n) is 8.11. The Bertz CT molecular complexity index is 733. The third-order valence-electron chi connectivity index (χ3n) is 4.88. The lowest BCUT2D eigenvalue weighted by Crippen LogP contribution is -2.47. The van der Waals surface area contributed by atoms with Crippen molar-refractivity contribution in [2.45, 2.75) is 31.7 Å². The number of benzene rings is 1. The van der Waals surface area contributed by atoms with Crippen molar-refractivity contribution >= 4 is 41.0 Å². The summed E-state index contributed by atoms with van der Waals surface area (Å²) < 4.78 is 0. The first kappa shape index (κ1) is 18.0. The average Bonchev–Trinajstić information content (AvgIpc) is 3.22. The van der Waals surface area contributed by atoms with E-state index in [1.165, 1.54) is 11.0 Å². The molecule has 1 aromatic carbocycles. The number of halogens is 2. The Labute approximate surface area is 155 Å². The number of aliphatic carboxylic acids is 1. The summed E-state index contributed by atoms with van der Waals surface area (Å²) in [6, 6.07) is 4.01. The van der Waals surface area contributed by atoms with Gasteiger partial charge in [0.2, 0.25) is 5.91 Å². The van der Waals surface area contributed by atoms with E-state index in [9.17, 15) is 19.5 Å². The molecule has 8 heteroatoms. The number of likely N-dealkylation sites (tertiary alicyclic amines) is 1. The van der Waals surface area contributed by atoms with Crippen molar-refractivity contribution in [3.8, 4) is 0 Å². The largest absolute Gasteiger partial charge is 0.481 e. The number of carboxylic acids is 1. The van der Waals surface area contributed by atoms with Crippen LogP contribution in [-0.2, 0) is 9.59 Å². The van der Waals surface area contributed by atoms with E-state index in [0.29, 0.717) is 37.3 Å². The van der Waals surface area contributed by atoms with E-state index in [4.69, 9.17) is 23.2 Å². The van der Waals surface area contributed by atoms with Crippen LogP contribution in [0.25, 0.3) is 0 Å². The molecule has 1 aliphatic heterocycles. The van der Waals surface area contributed by atoms with Crippen molar-refractivity contribution in [2.24, 2.45) is 5.41 Å². The quantitative estimate of drug-likeness (QED) is 0.816. The van der Waals surface area contributed by atoms with Crippen LogP contribution < -0.4 is 5.32 Å². The summed E-state index contributed by atoms with van der Waals surface area (Å²) in [5.74, 6) is -1.56. The molecule has 1 saturated carbocycles. The topological polar surface area (TPSA) is 86.7 Å². The average molecular weight is 385 g/mol. The minimum atomic E-state index is -0.891. The van der Waals surface area contributed by atoms with Crippen molar-refractivity contribution < 1.29 is 19.5 Å². The van der Waals surface area contributed by atoms with E-state index in [-0.39, 0.29) is 28.9 Å². The van der Waals surface area contributed by atoms with Gasteiger partial charge < -0.3 is 15.3 Å². The van der Waals surface area contributed by atoms with E-state index >= 15 is 0 Å². The van der Waals surface area contributed by atoms with Gasteiger partial charge in [-0.05, 0) is 43.9 Å². The van der Waals surface area contributed by atoms with E-state index < -0.39 is 17.4 Å². The van der Waals surface area contributed by atoms with Crippen LogP contribution >= 0.6 is 23.2 Å². The number of carbonyl (C=O) groups is 3. The third-order valence-corrected chi connectivity index (χ3v) is 5.45. The maximum absolute atomic E-state index is 12.8. The fourth-order valence-electron chi connectivity index (χ4n) is 3.09. The normalized spacial score (nSPS) is 21.0. The summed E-state index contributed by atoms with van der Waals surface area (Å²) in [5, 5.41) is 12.6. The highest BCUT2D eigenvalue weighted by Gasteiger charge is 2.50. The van der Waals surface area contributed by atoms with Gasteiger partial charge in [0.1, 0.15) is 6.04 Å². The van der Waals surface area contributed by atoms with Crippen molar-refractivity contribution in [3.05, 3.63) is 33.8 Å². The lowest BCUT2D eigenvalue weighted by atomic mass is 10.1. The first-order valence-corrected chi connectivity index (χ1v) is 8.87. The molecular formula is C17H18Cl2N2O4. The number of nitrogens with zero attached hydrogens (tertiary/aromatic N) is 1. The molecule has 2 aliphatic rings. The van der Waals surface area contributed by atoms with E-state index in [1.54, 1.807) is 12.1 Å². The van der Waals surface area contributed by atoms with Gasteiger partial charge >= 0.3 is 5.97 Å². The zero-order valence-electron chi connectivity index (χ0n) is 13.4. The second kappa shape index (κ2) is 6.84. The molecule has 1 aromatic rings. The number of carboxylic acid groups (broad SMARTS) is 1. The molecular weight excluding hydrogens is 367 g/mol. The van der Waals surface area contributed by atoms with Crippen molar-refractivity contribution in [3.63, 3.8) is 0 Å². The van der Waals surface area contributed by atoms with Crippen LogP contribution in [0.2, 0.25) is 10.0 Å². The maximum atomic E-state index is 12.8. The van der Waals surface area contributed by atoms with Crippen LogP contribution in [0, 0.1) is 5.41 Å². The Morgan fingerprint density at radius 2 is 2.00 bits per heavy atom. The zero-order valence-corrected chi connectivity index (χ0v) is 14.9. The van der Waals surface area contributed by atoms with Gasteiger partial charge in [-0.3, -0.25) is 14.4 Å². The molecule has 6 nitrogen and oxygen atoms in total. The summed E-state index contributed by atoms with van der Waals surface area (Å²) in [6.45, 7) is 0.543. The van der Waals surface area contributed by atoms with Gasteiger partial charge in [0, 0.05) is 18.1 Å². The van der Waals surface area contributed by atoms with E-state index in [0.717, 1.165) is 0 Å². The number of rotatable bonds is 5. The van der Waals surface area contributed by atoms with Gasteiger partial charge in [0.25, 0.3) is 5.91 Å². The zero-order chi connectivity index (χ0) is 18.2. The lowest BCUT2D eigenvalue weighted by Gasteiger charge is -2.25. The van der Waals surface area contributed by atoms with Crippen LogP contribution in [0.5, 0.6) is 0 Å². The molecule has 0 radical (unpaired) electrons. The molecule has 2 N–H and O–H groups in total. The molecule has 1 unspecified atom stereocenters. The van der Waals surface area contributed by atoms with Gasteiger partial charge in [-0.1, -0.05) is 23.2 Å². The Morgan fingerprint density at radius 3 is 2.64 bits per heavy atom. The molecule has 0 spiro atoms. The van der Waals surface area contributed by atoms with Crippen LogP contribution in [0.1, 0.15) is 36.0 Å². The van der Waals surface area contributed by atoms with Gasteiger partial charge in [0.05, 0.1) is 16.0 Å². The molecule has 1 saturated heterocycles. The highest BCUT2D eigenvalue weighted by Crippen LogP contribution is 2.45. The maximum Gasteiger partial charge on any atom is 0.311 e. The Hall–Kier alpha value is -1.79. The van der Waals surface area contributed by atoms with E-state index in [2.05, 4.69) is 5.32 Å². The summed E-state index contributed by atoms with van der Waals surface area (Å²) in [5.41, 5.74) is -0.572. The molecule has 25 heavy (non-hydrogen) atoms. The van der Waals surface area contributed by atoms with Crippen LogP contribution in [0.3, 0.4) is 0 Å². The van der Waals surface area contributed by atoms with Crippen LogP contribution in [0.4, 0.5) is 0 Å². The minimum absolute atomic E-state index is 0.0949. The molecule has 1 aliphatic carbocycles. The summed E-state index contributed by atoms with van der Waals surface area (Å²) in [4.78, 5) is 37.9. The van der Waals surface area contributed by atoms with Crippen LogP contribution in [-0.4, -0.2) is 46.9 Å². The van der Waals surface area contributed by atoms with Gasteiger partial charge in [-0.25, -0.2) is 0 Å². The number of nitrogens with one attached hydrogen (secondary N) is 1. The smallest absolute Gasteiger partial charge is 0.311 e. The third kappa shape index (κ3) is 3.60. The molecule has 0 aromatic heterocycles. The number of hydrogen-bond acceptors (Lipinski definition) is 3. The van der Waals surface area contributed by atoms with Gasteiger partial charge in [0.15, 0.2) is 0 Å². The molecule has 2 amide bonds. The van der Waals surface area contributed by atoms with Crippen molar-refractivity contribution in [2.75, 3.05) is 13.1 Å². The molecule has 1 heterocycles. The number of amides is 2. The van der Waals surface area contributed by atoms with Crippen LogP contribution in [0.15, 0.2) is 18.2 Å². The summed E-state index contributed by atoms with van der Waals surface area (Å²) >= 11 is 12.0. The SMILES string of the molecule is O=C(NCC1(C(=O)O)CC1)C1CCCN1C(=O)c1cc(Cl)ccc1Cl. The van der Waals surface area contributed by atoms with Gasteiger partial charge in [-0.15, -0.1) is 0 Å². The molecule has 0 bridgehead atoms. The molecule has 2 fully saturated rings. The second-order valence-electron chi connectivity index (χ2n) is 6.58. The summed E-state index contributed by atoms with van der Waals surface area (Å²) in [6.07, 6.45) is 2.37. The lowest BCUT2D eigenvalue weighted by molar-refractivity contribution is -0.143. The van der Waals surface area contributed by atoms with Crippen molar-refractivity contribution in [1.29, 1.82) is 0 Å². The fourth-order valence-corrected chi connectivity index (χ4v) is 3.46. The highest BCUT2D eigenvalue weighted by molar-refractivity contribution is 6.35. The predicted molar refractivity (Wildman–Crippen MR) is 92.8 cm³/mol. The molecule has 3 rings (SSSR count). The molecule has 1 atom stereocenters. The fraction of sp³-hybridized carbons (Fsp3) is 0.471. The van der Waals surface area contributed by atoms with Crippen molar-refractivity contribution in [1.82, 2.24) is 10.2 Å². The summed E-state index contributed by atoms with van der Waals surface area (Å²) in [7, 11) is 0. The first-order chi connectivity index (χ1) is 11.8. The number of carbonyl (C=O) groups excluding carboxylic acids is 2. The second-order valence-corrected chi connectivity index (χ2v) is 7.43. The molecule has 134 valence electrons. The number of hydrogen-bond donors (Lipinski definition) is 2. The Morgan fingerprint density at radius 1 is 1.28 bits per heavy atom.